The van der Waals surface area contributed by atoms with Gasteiger partial charge in [0.1, 0.15) is 0 Å². The standard InChI is InChI=1S/C11H10N2O4/c1-6(14)10(15)13(2)7-3-4-9-8(5-7)12-11(16)17-9/h3-5H,1-2H3,(H,12,16). The van der Waals surface area contributed by atoms with E-state index in [0.29, 0.717) is 16.8 Å². The number of aromatic amines is 1. The van der Waals surface area contributed by atoms with Crippen LogP contribution < -0.4 is 10.7 Å². The van der Waals surface area contributed by atoms with Crippen molar-refractivity contribution < 1.29 is 14.0 Å². The van der Waals surface area contributed by atoms with Gasteiger partial charge in [0.2, 0.25) is 5.78 Å². The van der Waals surface area contributed by atoms with Crippen LogP contribution in [0.25, 0.3) is 11.1 Å². The van der Waals surface area contributed by atoms with E-state index in [1.165, 1.54) is 18.9 Å². The summed E-state index contributed by atoms with van der Waals surface area (Å²) >= 11 is 0. The average molecular weight is 234 g/mol. The molecule has 1 aromatic carbocycles. The zero-order chi connectivity index (χ0) is 12.6. The largest absolute Gasteiger partial charge is 0.417 e. The number of H-pyrrole nitrogens is 1. The number of nitrogens with zero attached hydrogens (tertiary/aromatic N) is 1. The van der Waals surface area contributed by atoms with E-state index in [-0.39, 0.29) is 0 Å². The van der Waals surface area contributed by atoms with E-state index in [0.717, 1.165) is 0 Å². The normalized spacial score (nSPS) is 10.5. The highest BCUT2D eigenvalue weighted by atomic mass is 16.4. The Balaban J connectivity index is 2.45. The molecule has 6 heteroatoms. The highest BCUT2D eigenvalue weighted by Crippen LogP contribution is 2.19. The van der Waals surface area contributed by atoms with Crippen molar-refractivity contribution in [3.05, 3.63) is 28.7 Å². The fourth-order valence-electron chi connectivity index (χ4n) is 1.50. The molecule has 2 rings (SSSR count). The lowest BCUT2D eigenvalue weighted by molar-refractivity contribution is -0.134. The van der Waals surface area contributed by atoms with E-state index < -0.39 is 17.4 Å². The average Bonchev–Trinajstić information content (AvgIpc) is 2.65. The van der Waals surface area contributed by atoms with Crippen molar-refractivity contribution in [1.82, 2.24) is 4.98 Å². The van der Waals surface area contributed by atoms with Crippen LogP contribution in [0.4, 0.5) is 5.69 Å². The van der Waals surface area contributed by atoms with Crippen LogP contribution in [-0.2, 0) is 9.59 Å². The number of fused-ring (bicyclic) bond motifs is 1. The fourth-order valence-corrected chi connectivity index (χ4v) is 1.50. The van der Waals surface area contributed by atoms with Crippen molar-refractivity contribution >= 4 is 28.5 Å². The summed E-state index contributed by atoms with van der Waals surface area (Å²) in [6, 6.07) is 4.73. The number of carbonyl (C=O) groups excluding carboxylic acids is 2. The van der Waals surface area contributed by atoms with Gasteiger partial charge in [-0.15, -0.1) is 0 Å². The molecule has 1 aromatic heterocycles. The second kappa shape index (κ2) is 3.89. The molecule has 88 valence electrons. The van der Waals surface area contributed by atoms with E-state index in [9.17, 15) is 14.4 Å². The molecule has 0 atom stereocenters. The van der Waals surface area contributed by atoms with Crippen LogP contribution >= 0.6 is 0 Å². The van der Waals surface area contributed by atoms with Crippen LogP contribution in [0.5, 0.6) is 0 Å². The second-order valence-electron chi connectivity index (χ2n) is 3.62. The van der Waals surface area contributed by atoms with Crippen LogP contribution in [0.15, 0.2) is 27.4 Å². The van der Waals surface area contributed by atoms with Gasteiger partial charge in [0, 0.05) is 19.7 Å². The molecule has 2 aromatic rings. The summed E-state index contributed by atoms with van der Waals surface area (Å²) in [5.41, 5.74) is 1.40. The molecule has 1 heterocycles. The molecule has 0 bridgehead atoms. The zero-order valence-electron chi connectivity index (χ0n) is 9.31. The first kappa shape index (κ1) is 11.1. The van der Waals surface area contributed by atoms with Crippen molar-refractivity contribution in [2.75, 3.05) is 11.9 Å². The number of benzene rings is 1. The van der Waals surface area contributed by atoms with Gasteiger partial charge in [-0.2, -0.15) is 0 Å². The lowest BCUT2D eigenvalue weighted by Gasteiger charge is -2.14. The predicted octanol–water partition coefficient (Wildman–Crippen LogP) is 0.673. The number of oxazole rings is 1. The molecule has 1 N–H and O–H groups in total. The first-order valence-corrected chi connectivity index (χ1v) is 4.90. The summed E-state index contributed by atoms with van der Waals surface area (Å²) < 4.78 is 4.83. The minimum atomic E-state index is -0.616. The van der Waals surface area contributed by atoms with Crippen LogP contribution in [0.1, 0.15) is 6.92 Å². The maximum Gasteiger partial charge on any atom is 0.417 e. The molecule has 0 saturated carbocycles. The Bertz CT molecular complexity index is 653. The van der Waals surface area contributed by atoms with E-state index >= 15 is 0 Å². The van der Waals surface area contributed by atoms with E-state index in [2.05, 4.69) is 4.98 Å². The number of Topliss-reactive ketones (excluding diaryl/α,β-unsaturated/α-hetero) is 1. The molecule has 0 spiro atoms. The van der Waals surface area contributed by atoms with Crippen LogP contribution in [0.3, 0.4) is 0 Å². The molecule has 0 aliphatic carbocycles. The Labute approximate surface area is 95.8 Å². The fraction of sp³-hybridized carbons (Fsp3) is 0.182. The Morgan fingerprint density at radius 1 is 1.35 bits per heavy atom. The summed E-state index contributed by atoms with van der Waals surface area (Å²) in [7, 11) is 1.49. The van der Waals surface area contributed by atoms with Crippen molar-refractivity contribution in [2.24, 2.45) is 0 Å². The number of nitrogens with one attached hydrogen (secondary N) is 1. The maximum absolute atomic E-state index is 11.5. The van der Waals surface area contributed by atoms with Crippen LogP contribution in [0, 0.1) is 0 Å². The van der Waals surface area contributed by atoms with Gasteiger partial charge >= 0.3 is 5.76 Å². The van der Waals surface area contributed by atoms with Crippen molar-refractivity contribution in [3.63, 3.8) is 0 Å². The molecule has 0 fully saturated rings. The quantitative estimate of drug-likeness (QED) is 0.774. The van der Waals surface area contributed by atoms with Gasteiger partial charge in [-0.25, -0.2) is 4.79 Å². The third-order valence-corrected chi connectivity index (χ3v) is 2.40. The molecular weight excluding hydrogens is 224 g/mol. The number of aromatic nitrogens is 1. The molecule has 1 amide bonds. The van der Waals surface area contributed by atoms with E-state index in [1.807, 2.05) is 0 Å². The van der Waals surface area contributed by atoms with Gasteiger partial charge < -0.3 is 9.32 Å². The number of hydrogen-bond donors (Lipinski definition) is 1. The third kappa shape index (κ3) is 1.96. The lowest BCUT2D eigenvalue weighted by atomic mass is 10.2. The summed E-state index contributed by atoms with van der Waals surface area (Å²) in [5, 5.41) is 0. The Morgan fingerprint density at radius 3 is 2.71 bits per heavy atom. The lowest BCUT2D eigenvalue weighted by Crippen LogP contribution is -2.31. The number of ketones is 1. The number of rotatable bonds is 2. The molecule has 0 saturated heterocycles. The van der Waals surface area contributed by atoms with Gasteiger partial charge in [-0.1, -0.05) is 0 Å². The van der Waals surface area contributed by atoms with Crippen LogP contribution in [0.2, 0.25) is 0 Å². The number of hydrogen-bond acceptors (Lipinski definition) is 4. The maximum atomic E-state index is 11.5. The van der Waals surface area contributed by atoms with Gasteiger partial charge in [0.25, 0.3) is 5.91 Å². The minimum Gasteiger partial charge on any atom is -0.408 e. The van der Waals surface area contributed by atoms with Gasteiger partial charge in [-0.3, -0.25) is 14.6 Å². The predicted molar refractivity (Wildman–Crippen MR) is 60.9 cm³/mol. The summed E-state index contributed by atoms with van der Waals surface area (Å²) in [5.74, 6) is -1.72. The van der Waals surface area contributed by atoms with Crippen LogP contribution in [-0.4, -0.2) is 23.7 Å². The molecule has 0 aliphatic rings. The van der Waals surface area contributed by atoms with Crippen molar-refractivity contribution in [2.45, 2.75) is 6.92 Å². The summed E-state index contributed by atoms with van der Waals surface area (Å²) in [6.07, 6.45) is 0. The third-order valence-electron chi connectivity index (χ3n) is 2.40. The van der Waals surface area contributed by atoms with E-state index in [4.69, 9.17) is 4.42 Å². The van der Waals surface area contributed by atoms with Gasteiger partial charge in [0.15, 0.2) is 5.58 Å². The Morgan fingerprint density at radius 2 is 2.06 bits per heavy atom. The number of amides is 1. The molecule has 6 nitrogen and oxygen atoms in total. The highest BCUT2D eigenvalue weighted by Gasteiger charge is 2.16. The molecule has 17 heavy (non-hydrogen) atoms. The van der Waals surface area contributed by atoms with Crippen molar-refractivity contribution in [1.29, 1.82) is 0 Å². The van der Waals surface area contributed by atoms with Gasteiger partial charge in [0.05, 0.1) is 5.52 Å². The second-order valence-corrected chi connectivity index (χ2v) is 3.62. The smallest absolute Gasteiger partial charge is 0.408 e. The monoisotopic (exact) mass is 234 g/mol. The first-order valence-electron chi connectivity index (χ1n) is 4.90. The molecule has 0 unspecified atom stereocenters. The number of anilines is 1. The molecular formula is C11H10N2O4. The van der Waals surface area contributed by atoms with E-state index in [1.54, 1.807) is 18.2 Å². The Kier molecular flexibility index (Phi) is 2.55. The van der Waals surface area contributed by atoms with Crippen molar-refractivity contribution in [3.8, 4) is 0 Å². The highest BCUT2D eigenvalue weighted by molar-refractivity contribution is 6.40. The number of carbonyl (C=O) groups is 2. The number of likely N-dealkylation sites (N-methyl/N-ethyl adjacent to an activating group) is 1. The summed E-state index contributed by atoms with van der Waals surface area (Å²) in [4.78, 5) is 37.1. The Hall–Kier alpha value is -2.37. The van der Waals surface area contributed by atoms with Gasteiger partial charge in [-0.05, 0) is 18.2 Å². The first-order chi connectivity index (χ1) is 7.99. The molecule has 0 radical (unpaired) electrons. The molecule has 0 aliphatic heterocycles. The zero-order valence-corrected chi connectivity index (χ0v) is 9.31. The summed E-state index contributed by atoms with van der Waals surface area (Å²) in [6.45, 7) is 1.21. The SMILES string of the molecule is CC(=O)C(=O)N(C)c1ccc2oc(=O)[nH]c2c1. The topological polar surface area (TPSA) is 83.4 Å². The minimum absolute atomic E-state index is 0.405.